The van der Waals surface area contributed by atoms with Gasteiger partial charge in [-0.2, -0.15) is 0 Å². The third-order valence-electron chi connectivity index (χ3n) is 3.27. The van der Waals surface area contributed by atoms with E-state index < -0.39 is 10.0 Å². The molecule has 0 amide bonds. The summed E-state index contributed by atoms with van der Waals surface area (Å²) in [7, 11) is -0.488. The molecule has 0 atom stereocenters. The maximum atomic E-state index is 12.1. The normalized spacial score (nSPS) is 11.2. The Morgan fingerprint density at radius 1 is 1.12 bits per heavy atom. The van der Waals surface area contributed by atoms with Crippen molar-refractivity contribution in [1.29, 1.82) is 0 Å². The molecular weight excluding hydrogens is 358 g/mol. The van der Waals surface area contributed by atoms with Crippen molar-refractivity contribution >= 4 is 33.0 Å². The summed E-state index contributed by atoms with van der Waals surface area (Å²) in [5.74, 6) is 0.796. The minimum Gasteiger partial charge on any atom is -0.492 e. The molecule has 2 aromatic carbocycles. The van der Waals surface area contributed by atoms with Gasteiger partial charge in [-0.3, -0.25) is 0 Å². The monoisotopic (exact) mass is 379 g/mol. The molecule has 2 rings (SSSR count). The van der Waals surface area contributed by atoms with Crippen molar-refractivity contribution in [2.24, 2.45) is 0 Å². The number of rotatable bonds is 7. The summed E-state index contributed by atoms with van der Waals surface area (Å²) in [6.07, 6.45) is 0. The van der Waals surface area contributed by atoms with E-state index in [4.69, 9.17) is 17.0 Å². The Labute approximate surface area is 153 Å². The van der Waals surface area contributed by atoms with Gasteiger partial charge in [-0.05, 0) is 42.5 Å². The second-order valence-electron chi connectivity index (χ2n) is 5.36. The maximum Gasteiger partial charge on any atom is 0.242 e. The molecule has 2 N–H and O–H groups in total. The molecule has 0 bridgehead atoms. The third-order valence-corrected chi connectivity index (χ3v) is 5.33. The lowest BCUT2D eigenvalue weighted by atomic mass is 10.3. The number of hydrogen-bond acceptors (Lipinski definition) is 4. The van der Waals surface area contributed by atoms with E-state index in [0.29, 0.717) is 24.0 Å². The molecule has 0 radical (unpaired) electrons. The van der Waals surface area contributed by atoms with E-state index >= 15 is 0 Å². The summed E-state index contributed by atoms with van der Waals surface area (Å²) in [5.41, 5.74) is 0.601. The number of sulfonamides is 1. The lowest BCUT2D eigenvalue weighted by molar-refractivity contribution is 0.323. The van der Waals surface area contributed by atoms with Crippen LogP contribution in [0, 0.1) is 0 Å². The highest BCUT2D eigenvalue weighted by atomic mass is 32.2. The Kier molecular flexibility index (Phi) is 6.74. The van der Waals surface area contributed by atoms with E-state index in [1.54, 1.807) is 24.3 Å². The van der Waals surface area contributed by atoms with E-state index in [0.717, 1.165) is 5.75 Å². The molecule has 0 aliphatic heterocycles. The summed E-state index contributed by atoms with van der Waals surface area (Å²) >= 11 is 5.22. The van der Waals surface area contributed by atoms with Crippen molar-refractivity contribution in [3.05, 3.63) is 54.6 Å². The Morgan fingerprint density at radius 3 is 2.52 bits per heavy atom. The number of para-hydroxylation sites is 1. The predicted molar refractivity (Wildman–Crippen MR) is 103 cm³/mol. The zero-order chi connectivity index (χ0) is 18.3. The number of ether oxygens (including phenoxy) is 1. The number of nitrogens with one attached hydrogen (secondary N) is 2. The molecule has 2 aromatic rings. The van der Waals surface area contributed by atoms with Gasteiger partial charge in [-0.1, -0.05) is 24.3 Å². The first-order chi connectivity index (χ1) is 11.9. The molecule has 0 heterocycles. The van der Waals surface area contributed by atoms with E-state index in [1.807, 2.05) is 30.3 Å². The predicted octanol–water partition coefficient (Wildman–Crippen LogP) is 2.30. The number of anilines is 1. The Balaban J connectivity index is 1.84. The molecule has 0 aliphatic carbocycles. The zero-order valence-corrected chi connectivity index (χ0v) is 15.7. The van der Waals surface area contributed by atoms with Gasteiger partial charge in [0.25, 0.3) is 0 Å². The van der Waals surface area contributed by atoms with Gasteiger partial charge in [0.15, 0.2) is 5.11 Å². The summed E-state index contributed by atoms with van der Waals surface area (Å²) < 4.78 is 31.0. The largest absolute Gasteiger partial charge is 0.492 e. The van der Waals surface area contributed by atoms with E-state index in [2.05, 4.69) is 10.6 Å². The van der Waals surface area contributed by atoms with Crippen molar-refractivity contribution in [2.45, 2.75) is 4.90 Å². The van der Waals surface area contributed by atoms with Crippen LogP contribution in [0.3, 0.4) is 0 Å². The van der Waals surface area contributed by atoms with Gasteiger partial charge in [0.05, 0.1) is 11.4 Å². The molecule has 6 nitrogen and oxygen atoms in total. The molecule has 0 saturated carbocycles. The highest BCUT2D eigenvalue weighted by molar-refractivity contribution is 7.89. The van der Waals surface area contributed by atoms with Crippen molar-refractivity contribution in [3.63, 3.8) is 0 Å². The van der Waals surface area contributed by atoms with Crippen molar-refractivity contribution in [2.75, 3.05) is 32.6 Å². The molecule has 0 saturated heterocycles. The average molecular weight is 380 g/mol. The van der Waals surface area contributed by atoms with Crippen molar-refractivity contribution < 1.29 is 13.2 Å². The van der Waals surface area contributed by atoms with Gasteiger partial charge in [-0.15, -0.1) is 0 Å². The second-order valence-corrected chi connectivity index (χ2v) is 7.92. The zero-order valence-electron chi connectivity index (χ0n) is 14.1. The molecule has 8 heteroatoms. The van der Waals surface area contributed by atoms with Crippen LogP contribution in [0.5, 0.6) is 5.75 Å². The van der Waals surface area contributed by atoms with Crippen LogP contribution in [0.2, 0.25) is 0 Å². The number of thiocarbonyl (C=S) groups is 1. The molecular formula is C17H21N3O3S2. The summed E-state index contributed by atoms with van der Waals surface area (Å²) in [6, 6.07) is 16.0. The standard InChI is InChI=1S/C17H21N3O3S2/c1-20(2)25(21,22)16-10-6-7-14(13-16)19-17(24)18-11-12-23-15-8-4-3-5-9-15/h3-10,13H,11-12H2,1-2H3,(H2,18,19,24). The molecule has 0 aliphatic rings. The van der Waals surface area contributed by atoms with Crippen LogP contribution in [-0.4, -0.2) is 45.1 Å². The molecule has 0 spiro atoms. The molecule has 134 valence electrons. The van der Waals surface area contributed by atoms with Gasteiger partial charge in [-0.25, -0.2) is 12.7 Å². The fourth-order valence-electron chi connectivity index (χ4n) is 1.97. The molecule has 25 heavy (non-hydrogen) atoms. The van der Waals surface area contributed by atoms with Crippen LogP contribution in [0.1, 0.15) is 0 Å². The fraction of sp³-hybridized carbons (Fsp3) is 0.235. The number of hydrogen-bond donors (Lipinski definition) is 2. The number of nitrogens with zero attached hydrogens (tertiary/aromatic N) is 1. The molecule has 0 aromatic heterocycles. The van der Waals surface area contributed by atoms with Crippen molar-refractivity contribution in [3.8, 4) is 5.75 Å². The van der Waals surface area contributed by atoms with Crippen LogP contribution in [0.4, 0.5) is 5.69 Å². The highest BCUT2D eigenvalue weighted by Crippen LogP contribution is 2.17. The third kappa shape index (κ3) is 5.70. The first-order valence-corrected chi connectivity index (χ1v) is 9.50. The maximum absolute atomic E-state index is 12.1. The van der Waals surface area contributed by atoms with E-state index in [9.17, 15) is 8.42 Å². The minimum atomic E-state index is -3.48. The Bertz CT molecular complexity index is 809. The van der Waals surface area contributed by atoms with E-state index in [1.165, 1.54) is 18.4 Å². The van der Waals surface area contributed by atoms with Crippen LogP contribution in [0.25, 0.3) is 0 Å². The summed E-state index contributed by atoms with van der Waals surface area (Å²) in [5, 5.41) is 6.39. The fourth-order valence-corrected chi connectivity index (χ4v) is 3.14. The summed E-state index contributed by atoms with van der Waals surface area (Å²) in [4.78, 5) is 0.206. The smallest absolute Gasteiger partial charge is 0.242 e. The molecule has 0 fully saturated rings. The Hall–Kier alpha value is -2.16. The van der Waals surface area contributed by atoms with E-state index in [-0.39, 0.29) is 4.90 Å². The van der Waals surface area contributed by atoms with Crippen molar-refractivity contribution in [1.82, 2.24) is 9.62 Å². The first kappa shape index (κ1) is 19.2. The SMILES string of the molecule is CN(C)S(=O)(=O)c1cccc(NC(=S)NCCOc2ccccc2)c1. The lowest BCUT2D eigenvalue weighted by Gasteiger charge is -2.14. The minimum absolute atomic E-state index is 0.206. The van der Waals surface area contributed by atoms with Crippen LogP contribution in [-0.2, 0) is 10.0 Å². The summed E-state index contributed by atoms with van der Waals surface area (Å²) in [6.45, 7) is 0.983. The average Bonchev–Trinajstić information content (AvgIpc) is 2.60. The van der Waals surface area contributed by atoms with Gasteiger partial charge < -0.3 is 15.4 Å². The van der Waals surface area contributed by atoms with Crippen LogP contribution < -0.4 is 15.4 Å². The van der Waals surface area contributed by atoms with Gasteiger partial charge >= 0.3 is 0 Å². The molecule has 0 unspecified atom stereocenters. The quantitative estimate of drug-likeness (QED) is 0.568. The van der Waals surface area contributed by atoms with Gasteiger partial charge in [0.2, 0.25) is 10.0 Å². The van der Waals surface area contributed by atoms with Gasteiger partial charge in [0.1, 0.15) is 12.4 Å². The lowest BCUT2D eigenvalue weighted by Crippen LogP contribution is -2.32. The van der Waals surface area contributed by atoms with Gasteiger partial charge in [0, 0.05) is 19.8 Å². The number of benzene rings is 2. The second kappa shape index (κ2) is 8.80. The van der Waals surface area contributed by atoms with Crippen LogP contribution >= 0.6 is 12.2 Å². The topological polar surface area (TPSA) is 70.7 Å². The van der Waals surface area contributed by atoms with Crippen LogP contribution in [0.15, 0.2) is 59.5 Å². The highest BCUT2D eigenvalue weighted by Gasteiger charge is 2.17. The Morgan fingerprint density at radius 2 is 1.84 bits per heavy atom. The first-order valence-electron chi connectivity index (χ1n) is 7.65.